The molecule has 0 bridgehead atoms. The maximum Gasteiger partial charge on any atom is 0.255 e. The predicted octanol–water partition coefficient (Wildman–Crippen LogP) is 1.96. The van der Waals surface area contributed by atoms with Crippen molar-refractivity contribution in [3.63, 3.8) is 0 Å². The minimum Gasteiger partial charge on any atom is -0.395 e. The van der Waals surface area contributed by atoms with Crippen LogP contribution in [0.3, 0.4) is 0 Å². The van der Waals surface area contributed by atoms with Gasteiger partial charge < -0.3 is 14.6 Å². The normalized spacial score (nSPS) is 22.5. The number of pyridine rings is 1. The van der Waals surface area contributed by atoms with Crippen LogP contribution < -0.4 is 5.32 Å². The zero-order chi connectivity index (χ0) is 25.0. The molecule has 3 aromatic rings. The molecule has 2 saturated heterocycles. The van der Waals surface area contributed by atoms with Crippen LogP contribution in [0.1, 0.15) is 47.2 Å². The van der Waals surface area contributed by atoms with Gasteiger partial charge in [0, 0.05) is 55.3 Å². The number of benzene rings is 1. The van der Waals surface area contributed by atoms with Gasteiger partial charge in [-0.2, -0.15) is 0 Å². The predicted molar refractivity (Wildman–Crippen MR) is 133 cm³/mol. The SMILES string of the molecule is Cn1ccc2c(CN3CCCC3CO)cc(-c3ccc4c(c3)CN(C3CCC(=O)NC3=O)C4=O)nc21. The van der Waals surface area contributed by atoms with Crippen molar-refractivity contribution < 1.29 is 19.5 Å². The highest BCUT2D eigenvalue weighted by atomic mass is 16.3. The highest BCUT2D eigenvalue weighted by molar-refractivity contribution is 6.05. The Bertz CT molecular complexity index is 1400. The second-order valence-corrected chi connectivity index (χ2v) is 10.1. The third-order valence-electron chi connectivity index (χ3n) is 7.83. The summed E-state index contributed by atoms with van der Waals surface area (Å²) in [5.74, 6) is -0.877. The second-order valence-electron chi connectivity index (χ2n) is 10.1. The number of amides is 3. The highest BCUT2D eigenvalue weighted by Crippen LogP contribution is 2.33. The monoisotopic (exact) mass is 487 g/mol. The number of imide groups is 1. The summed E-state index contributed by atoms with van der Waals surface area (Å²) in [6.45, 7) is 2.21. The minimum atomic E-state index is -0.629. The first-order valence-electron chi connectivity index (χ1n) is 12.5. The Morgan fingerprint density at radius 2 is 2.00 bits per heavy atom. The Labute approximate surface area is 208 Å². The molecule has 2 fully saturated rings. The number of aromatic nitrogens is 2. The first-order chi connectivity index (χ1) is 17.4. The number of hydrogen-bond acceptors (Lipinski definition) is 6. The Balaban J connectivity index is 1.33. The van der Waals surface area contributed by atoms with Crippen molar-refractivity contribution in [2.75, 3.05) is 13.2 Å². The lowest BCUT2D eigenvalue weighted by atomic mass is 10.0. The lowest BCUT2D eigenvalue weighted by Gasteiger charge is -2.29. The van der Waals surface area contributed by atoms with E-state index in [4.69, 9.17) is 4.98 Å². The molecule has 6 rings (SSSR count). The second kappa shape index (κ2) is 8.83. The van der Waals surface area contributed by atoms with Gasteiger partial charge in [-0.15, -0.1) is 0 Å². The average molecular weight is 488 g/mol. The molecule has 3 aliphatic heterocycles. The number of piperidine rings is 1. The summed E-state index contributed by atoms with van der Waals surface area (Å²) in [6, 6.07) is 9.48. The molecular weight excluding hydrogens is 458 g/mol. The van der Waals surface area contributed by atoms with E-state index in [0.717, 1.165) is 59.3 Å². The smallest absolute Gasteiger partial charge is 0.255 e. The molecule has 2 unspecified atom stereocenters. The van der Waals surface area contributed by atoms with Gasteiger partial charge in [0.25, 0.3) is 5.91 Å². The number of aliphatic hydroxyl groups excluding tert-OH is 1. The fourth-order valence-electron chi connectivity index (χ4n) is 5.84. The van der Waals surface area contributed by atoms with Crippen LogP contribution in [-0.2, 0) is 29.7 Å². The number of aliphatic hydroxyl groups is 1. The zero-order valence-corrected chi connectivity index (χ0v) is 20.2. The minimum absolute atomic E-state index is 0.165. The van der Waals surface area contributed by atoms with Crippen LogP contribution in [0, 0.1) is 0 Å². The van der Waals surface area contributed by atoms with E-state index < -0.39 is 11.9 Å². The summed E-state index contributed by atoms with van der Waals surface area (Å²) >= 11 is 0. The van der Waals surface area contributed by atoms with Gasteiger partial charge in [-0.05, 0) is 61.2 Å². The molecule has 3 amide bonds. The van der Waals surface area contributed by atoms with E-state index >= 15 is 0 Å². The highest BCUT2D eigenvalue weighted by Gasteiger charge is 2.39. The average Bonchev–Trinajstić information content (AvgIpc) is 3.56. The lowest BCUT2D eigenvalue weighted by Crippen LogP contribution is -2.52. The van der Waals surface area contributed by atoms with E-state index in [9.17, 15) is 19.5 Å². The number of nitrogens with zero attached hydrogens (tertiary/aromatic N) is 4. The van der Waals surface area contributed by atoms with Crippen LogP contribution in [0.2, 0.25) is 0 Å². The Hall–Kier alpha value is -3.56. The van der Waals surface area contributed by atoms with Crippen molar-refractivity contribution in [2.45, 2.75) is 50.9 Å². The number of rotatable bonds is 5. The van der Waals surface area contributed by atoms with Crippen molar-refractivity contribution in [2.24, 2.45) is 7.05 Å². The van der Waals surface area contributed by atoms with Crippen molar-refractivity contribution >= 4 is 28.8 Å². The number of aryl methyl sites for hydroxylation is 1. The molecule has 1 aromatic carbocycles. The maximum atomic E-state index is 13.1. The zero-order valence-electron chi connectivity index (χ0n) is 20.2. The standard InChI is InChI=1S/C27H29N5O4/c1-30-10-8-20-18(13-31-9-2-3-19(31)15-33)12-22(28-25(20)30)16-4-5-21-17(11-16)14-32(27(21)36)23-6-7-24(34)29-26(23)35/h4-5,8,10-12,19,23,33H,2-3,6-7,9,13-15H2,1H3,(H,29,34,35). The quantitative estimate of drug-likeness (QED) is 0.533. The number of likely N-dealkylation sites (tertiary alicyclic amines) is 1. The van der Waals surface area contributed by atoms with Crippen LogP contribution in [0.15, 0.2) is 36.5 Å². The fraction of sp³-hybridized carbons (Fsp3) is 0.407. The van der Waals surface area contributed by atoms with E-state index in [1.807, 2.05) is 36.0 Å². The van der Waals surface area contributed by atoms with E-state index in [2.05, 4.69) is 22.3 Å². The maximum absolute atomic E-state index is 13.1. The molecule has 9 heteroatoms. The third-order valence-corrected chi connectivity index (χ3v) is 7.83. The molecule has 186 valence electrons. The molecule has 36 heavy (non-hydrogen) atoms. The molecule has 5 heterocycles. The summed E-state index contributed by atoms with van der Waals surface area (Å²) in [5.41, 5.74) is 5.25. The van der Waals surface area contributed by atoms with Gasteiger partial charge in [0.1, 0.15) is 11.7 Å². The molecule has 2 aromatic heterocycles. The lowest BCUT2D eigenvalue weighted by molar-refractivity contribution is -0.136. The van der Waals surface area contributed by atoms with Crippen LogP contribution in [0.5, 0.6) is 0 Å². The Morgan fingerprint density at radius 3 is 2.81 bits per heavy atom. The molecule has 0 saturated carbocycles. The summed E-state index contributed by atoms with van der Waals surface area (Å²) in [4.78, 5) is 45.9. The van der Waals surface area contributed by atoms with Gasteiger partial charge in [-0.1, -0.05) is 6.07 Å². The van der Waals surface area contributed by atoms with Gasteiger partial charge >= 0.3 is 0 Å². The third kappa shape index (κ3) is 3.79. The van der Waals surface area contributed by atoms with Crippen LogP contribution in [0.4, 0.5) is 0 Å². The number of carbonyl (C=O) groups excluding carboxylic acids is 3. The van der Waals surface area contributed by atoms with Gasteiger partial charge in [-0.25, -0.2) is 4.98 Å². The van der Waals surface area contributed by atoms with Gasteiger partial charge in [-0.3, -0.25) is 24.6 Å². The summed E-state index contributed by atoms with van der Waals surface area (Å²) in [6.07, 6.45) is 4.69. The van der Waals surface area contributed by atoms with E-state index in [1.54, 1.807) is 4.90 Å². The topological polar surface area (TPSA) is 108 Å². The van der Waals surface area contributed by atoms with Crippen molar-refractivity contribution in [1.82, 2.24) is 24.7 Å². The summed E-state index contributed by atoms with van der Waals surface area (Å²) in [5, 5.41) is 13.2. The number of fused-ring (bicyclic) bond motifs is 2. The molecule has 2 N–H and O–H groups in total. The number of carbonyl (C=O) groups is 3. The van der Waals surface area contributed by atoms with Gasteiger partial charge in [0.05, 0.1) is 12.3 Å². The summed E-state index contributed by atoms with van der Waals surface area (Å²) < 4.78 is 2.01. The largest absolute Gasteiger partial charge is 0.395 e. The number of nitrogens with one attached hydrogen (secondary N) is 1. The molecule has 2 atom stereocenters. The molecule has 0 radical (unpaired) electrons. The summed E-state index contributed by atoms with van der Waals surface area (Å²) in [7, 11) is 1.98. The first kappa shape index (κ1) is 22.9. The van der Waals surface area contributed by atoms with E-state index in [-0.39, 0.29) is 30.9 Å². The van der Waals surface area contributed by atoms with E-state index in [0.29, 0.717) is 18.5 Å². The molecule has 3 aliphatic rings. The number of hydrogen-bond donors (Lipinski definition) is 2. The first-order valence-corrected chi connectivity index (χ1v) is 12.5. The fourth-order valence-corrected chi connectivity index (χ4v) is 5.84. The molecular formula is C27H29N5O4. The molecule has 0 spiro atoms. The van der Waals surface area contributed by atoms with Crippen molar-refractivity contribution in [3.05, 3.63) is 53.2 Å². The molecule has 0 aliphatic carbocycles. The Morgan fingerprint density at radius 1 is 1.14 bits per heavy atom. The van der Waals surface area contributed by atoms with Crippen LogP contribution in [0.25, 0.3) is 22.3 Å². The molecule has 9 nitrogen and oxygen atoms in total. The van der Waals surface area contributed by atoms with Crippen LogP contribution in [-0.4, -0.2) is 67.4 Å². The van der Waals surface area contributed by atoms with Gasteiger partial charge in [0.15, 0.2) is 0 Å². The van der Waals surface area contributed by atoms with Gasteiger partial charge in [0.2, 0.25) is 11.8 Å². The van der Waals surface area contributed by atoms with Crippen LogP contribution >= 0.6 is 0 Å². The van der Waals surface area contributed by atoms with Crippen molar-refractivity contribution in [3.8, 4) is 11.3 Å². The van der Waals surface area contributed by atoms with Crippen molar-refractivity contribution in [1.29, 1.82) is 0 Å². The van der Waals surface area contributed by atoms with E-state index in [1.165, 1.54) is 0 Å². The Kier molecular flexibility index (Phi) is 5.61.